The molecule has 0 radical (unpaired) electrons. The molecule has 2 aromatic carbocycles. The molecule has 0 N–H and O–H groups in total. The summed E-state index contributed by atoms with van der Waals surface area (Å²) in [5, 5.41) is 0. The van der Waals surface area contributed by atoms with Gasteiger partial charge in [0.2, 0.25) is 0 Å². The average molecular weight is 342 g/mol. The van der Waals surface area contributed by atoms with Crippen LogP contribution in [0.5, 0.6) is 0 Å². The highest BCUT2D eigenvalue weighted by atomic mass is 19.1. The summed E-state index contributed by atoms with van der Waals surface area (Å²) in [4.78, 5) is 4.89. The third kappa shape index (κ3) is 6.24. The molecule has 0 bridgehead atoms. The Kier molecular flexibility index (Phi) is 6.98. The molecule has 2 aromatic rings. The lowest BCUT2D eigenvalue weighted by Crippen LogP contribution is -2.47. The third-order valence-electron chi connectivity index (χ3n) is 4.70. The molecule has 1 aliphatic heterocycles. The molecule has 3 rings (SSSR count). The van der Waals surface area contributed by atoms with Crippen LogP contribution in [-0.2, 0) is 17.8 Å². The summed E-state index contributed by atoms with van der Waals surface area (Å²) in [6.07, 6.45) is 2.37. The van der Waals surface area contributed by atoms with E-state index in [-0.39, 0.29) is 5.82 Å². The molecule has 0 spiro atoms. The Morgan fingerprint density at radius 1 is 0.800 bits per heavy atom. The van der Waals surface area contributed by atoms with E-state index >= 15 is 0 Å². The fraction of sp³-hybridized carbons (Fsp3) is 0.429. The zero-order valence-electron chi connectivity index (χ0n) is 14.7. The van der Waals surface area contributed by atoms with Gasteiger partial charge in [0.05, 0.1) is 13.3 Å². The van der Waals surface area contributed by atoms with Crippen LogP contribution >= 0.6 is 0 Å². The highest BCUT2D eigenvalue weighted by Gasteiger charge is 2.16. The number of rotatable bonds is 8. The van der Waals surface area contributed by atoms with Crippen molar-refractivity contribution in [2.75, 3.05) is 39.5 Å². The number of ether oxygens (including phenoxy) is 1. The van der Waals surface area contributed by atoms with Crippen molar-refractivity contribution in [2.24, 2.45) is 0 Å². The summed E-state index contributed by atoms with van der Waals surface area (Å²) in [7, 11) is 0. The van der Waals surface area contributed by atoms with Gasteiger partial charge >= 0.3 is 0 Å². The molecule has 4 heteroatoms. The van der Waals surface area contributed by atoms with Crippen molar-refractivity contribution in [3.8, 4) is 0 Å². The maximum atomic E-state index is 12.9. The van der Waals surface area contributed by atoms with E-state index in [2.05, 4.69) is 40.1 Å². The first-order valence-corrected chi connectivity index (χ1v) is 9.10. The highest BCUT2D eigenvalue weighted by Crippen LogP contribution is 2.08. The number of hydrogen-bond donors (Lipinski definition) is 0. The Hall–Kier alpha value is -1.75. The van der Waals surface area contributed by atoms with Gasteiger partial charge in [-0.2, -0.15) is 0 Å². The fourth-order valence-corrected chi connectivity index (χ4v) is 3.17. The van der Waals surface area contributed by atoms with Crippen molar-refractivity contribution < 1.29 is 9.13 Å². The molecule has 0 unspecified atom stereocenters. The molecule has 0 atom stereocenters. The summed E-state index contributed by atoms with van der Waals surface area (Å²) in [6, 6.07) is 17.2. The SMILES string of the molecule is Fc1ccc(COCN2CCN(CCCc3ccccc3)CC2)cc1. The lowest BCUT2D eigenvalue weighted by Gasteiger charge is -2.34. The van der Waals surface area contributed by atoms with Crippen LogP contribution in [0.4, 0.5) is 4.39 Å². The van der Waals surface area contributed by atoms with Crippen LogP contribution in [0.2, 0.25) is 0 Å². The normalized spacial score (nSPS) is 16.2. The van der Waals surface area contributed by atoms with Gasteiger partial charge in [0.1, 0.15) is 5.82 Å². The predicted octanol–water partition coefficient (Wildman–Crippen LogP) is 3.55. The van der Waals surface area contributed by atoms with Crippen LogP contribution in [0, 0.1) is 5.82 Å². The van der Waals surface area contributed by atoms with Gasteiger partial charge in [0.25, 0.3) is 0 Å². The number of aryl methyl sites for hydroxylation is 1. The summed E-state index contributed by atoms with van der Waals surface area (Å²) in [5.74, 6) is -0.202. The largest absolute Gasteiger partial charge is 0.361 e. The van der Waals surface area contributed by atoms with Gasteiger partial charge in [0.15, 0.2) is 0 Å². The minimum atomic E-state index is -0.202. The molecular formula is C21H27FN2O. The smallest absolute Gasteiger partial charge is 0.123 e. The second kappa shape index (κ2) is 9.66. The second-order valence-corrected chi connectivity index (χ2v) is 6.65. The lowest BCUT2D eigenvalue weighted by molar-refractivity contribution is -0.00566. The van der Waals surface area contributed by atoms with E-state index in [1.807, 2.05) is 0 Å². The number of piperazine rings is 1. The van der Waals surface area contributed by atoms with Crippen LogP contribution in [-0.4, -0.2) is 49.3 Å². The summed E-state index contributed by atoms with van der Waals surface area (Å²) in [5.41, 5.74) is 2.44. The van der Waals surface area contributed by atoms with Gasteiger partial charge in [-0.25, -0.2) is 4.39 Å². The second-order valence-electron chi connectivity index (χ2n) is 6.65. The summed E-state index contributed by atoms with van der Waals surface area (Å²) in [6.45, 7) is 6.67. The Labute approximate surface area is 150 Å². The average Bonchev–Trinajstić information content (AvgIpc) is 2.66. The van der Waals surface area contributed by atoms with Crippen molar-refractivity contribution in [3.05, 3.63) is 71.5 Å². The minimum absolute atomic E-state index is 0.202. The standard InChI is InChI=1S/C21H27FN2O/c22-21-10-8-20(9-11-21)17-25-18-24-15-13-23(14-16-24)12-4-7-19-5-2-1-3-6-19/h1-3,5-6,8-11H,4,7,12-18H2. The van der Waals surface area contributed by atoms with E-state index in [0.717, 1.165) is 38.2 Å². The van der Waals surface area contributed by atoms with Gasteiger partial charge in [-0.1, -0.05) is 42.5 Å². The van der Waals surface area contributed by atoms with E-state index in [0.29, 0.717) is 13.3 Å². The molecule has 134 valence electrons. The highest BCUT2D eigenvalue weighted by molar-refractivity contribution is 5.15. The van der Waals surface area contributed by atoms with Gasteiger partial charge in [0, 0.05) is 26.2 Å². The molecule has 0 aromatic heterocycles. The third-order valence-corrected chi connectivity index (χ3v) is 4.70. The number of hydrogen-bond acceptors (Lipinski definition) is 3. The van der Waals surface area contributed by atoms with Crippen LogP contribution < -0.4 is 0 Å². The number of halogens is 1. The summed E-state index contributed by atoms with van der Waals surface area (Å²) < 4.78 is 18.6. The van der Waals surface area contributed by atoms with E-state index in [9.17, 15) is 4.39 Å². The Morgan fingerprint density at radius 2 is 1.48 bits per heavy atom. The zero-order chi connectivity index (χ0) is 17.3. The van der Waals surface area contributed by atoms with Gasteiger partial charge in [-0.15, -0.1) is 0 Å². The van der Waals surface area contributed by atoms with Crippen LogP contribution in [0.3, 0.4) is 0 Å². The molecule has 1 heterocycles. The topological polar surface area (TPSA) is 15.7 Å². The van der Waals surface area contributed by atoms with E-state index in [4.69, 9.17) is 4.74 Å². The van der Waals surface area contributed by atoms with Gasteiger partial charge in [-0.3, -0.25) is 4.90 Å². The number of nitrogens with zero attached hydrogens (tertiary/aromatic N) is 2. The molecule has 1 aliphatic rings. The molecule has 0 amide bonds. The monoisotopic (exact) mass is 342 g/mol. The van der Waals surface area contributed by atoms with Crippen LogP contribution in [0.25, 0.3) is 0 Å². The lowest BCUT2D eigenvalue weighted by atomic mass is 10.1. The van der Waals surface area contributed by atoms with Crippen LogP contribution in [0.15, 0.2) is 54.6 Å². The fourth-order valence-electron chi connectivity index (χ4n) is 3.17. The first-order chi connectivity index (χ1) is 12.3. The number of benzene rings is 2. The van der Waals surface area contributed by atoms with Crippen molar-refractivity contribution >= 4 is 0 Å². The van der Waals surface area contributed by atoms with Gasteiger partial charge in [-0.05, 0) is 42.6 Å². The predicted molar refractivity (Wildman–Crippen MR) is 98.8 cm³/mol. The Balaban J connectivity index is 1.27. The Bertz CT molecular complexity index is 610. The van der Waals surface area contributed by atoms with E-state index in [1.165, 1.54) is 30.7 Å². The van der Waals surface area contributed by atoms with E-state index < -0.39 is 0 Å². The van der Waals surface area contributed by atoms with Crippen molar-refractivity contribution in [3.63, 3.8) is 0 Å². The maximum Gasteiger partial charge on any atom is 0.123 e. The molecular weight excluding hydrogens is 315 g/mol. The maximum absolute atomic E-state index is 12.9. The molecule has 1 saturated heterocycles. The first-order valence-electron chi connectivity index (χ1n) is 9.10. The van der Waals surface area contributed by atoms with Crippen LogP contribution in [0.1, 0.15) is 17.5 Å². The molecule has 25 heavy (non-hydrogen) atoms. The molecule has 1 fully saturated rings. The van der Waals surface area contributed by atoms with Crippen molar-refractivity contribution in [2.45, 2.75) is 19.4 Å². The minimum Gasteiger partial charge on any atom is -0.361 e. The first kappa shape index (κ1) is 18.1. The molecule has 0 saturated carbocycles. The zero-order valence-corrected chi connectivity index (χ0v) is 14.7. The van der Waals surface area contributed by atoms with E-state index in [1.54, 1.807) is 12.1 Å². The molecule has 3 nitrogen and oxygen atoms in total. The quantitative estimate of drug-likeness (QED) is 0.730. The van der Waals surface area contributed by atoms with Crippen molar-refractivity contribution in [1.29, 1.82) is 0 Å². The van der Waals surface area contributed by atoms with Gasteiger partial charge < -0.3 is 9.64 Å². The van der Waals surface area contributed by atoms with Crippen molar-refractivity contribution in [1.82, 2.24) is 9.80 Å². The Morgan fingerprint density at radius 3 is 2.20 bits per heavy atom. The summed E-state index contributed by atoms with van der Waals surface area (Å²) >= 11 is 0. The molecule has 0 aliphatic carbocycles.